The van der Waals surface area contributed by atoms with Gasteiger partial charge in [-0.2, -0.15) is 0 Å². The van der Waals surface area contributed by atoms with Gasteiger partial charge in [-0.25, -0.2) is 24.0 Å². The maximum absolute atomic E-state index is 13.7. The van der Waals surface area contributed by atoms with Crippen molar-refractivity contribution in [3.8, 4) is 34.5 Å². The fourth-order valence-electron chi connectivity index (χ4n) is 8.95. The molecule has 0 fully saturated rings. The zero-order valence-electron chi connectivity index (χ0n) is 48.8. The summed E-state index contributed by atoms with van der Waals surface area (Å²) in [4.78, 5) is 62.9. The summed E-state index contributed by atoms with van der Waals surface area (Å²) < 4.78 is 51.0. The predicted molar refractivity (Wildman–Crippen MR) is 326 cm³/mol. The third kappa shape index (κ3) is 24.2. The molecule has 0 aliphatic heterocycles. The lowest BCUT2D eigenvalue weighted by Gasteiger charge is -2.13. The molecule has 0 aliphatic rings. The second-order valence-electron chi connectivity index (χ2n) is 20.4. The maximum atomic E-state index is 13.7. The van der Waals surface area contributed by atoms with Crippen LogP contribution >= 0.6 is 0 Å². The smallest absolute Gasteiger partial charge is 0.343 e. The van der Waals surface area contributed by atoms with E-state index < -0.39 is 29.8 Å². The summed E-state index contributed by atoms with van der Waals surface area (Å²) in [7, 11) is 0. The van der Waals surface area contributed by atoms with Crippen molar-refractivity contribution >= 4 is 40.6 Å². The Kier molecular flexibility index (Phi) is 29.0. The molecule has 0 N–H and O–H groups in total. The van der Waals surface area contributed by atoms with Crippen LogP contribution < -0.4 is 28.4 Å². The molecule has 14 heteroatoms. The number of rotatable bonds is 41. The van der Waals surface area contributed by atoms with Crippen molar-refractivity contribution in [2.75, 3.05) is 46.2 Å². The lowest BCUT2D eigenvalue weighted by Crippen LogP contribution is -2.15. The van der Waals surface area contributed by atoms with Crippen molar-refractivity contribution in [1.82, 2.24) is 0 Å². The summed E-state index contributed by atoms with van der Waals surface area (Å²) in [5, 5.41) is 2.27. The number of carbonyl (C=O) groups excluding carboxylic acids is 5. The molecule has 0 aliphatic carbocycles. The van der Waals surface area contributed by atoms with Gasteiger partial charge in [0.25, 0.3) is 0 Å². The molecule has 6 aromatic carbocycles. The quantitative estimate of drug-likeness (QED) is 0.0117. The van der Waals surface area contributed by atoms with Crippen LogP contribution in [0.2, 0.25) is 0 Å². The highest BCUT2D eigenvalue weighted by Crippen LogP contribution is 2.29. The number of unbranched alkanes of at least 4 members (excludes halogenated alkanes) is 14. The lowest BCUT2D eigenvalue weighted by molar-refractivity contribution is -0.138. The topological polar surface area (TPSA) is 168 Å². The molecule has 0 radical (unpaired) electrons. The molecule has 14 nitrogen and oxygen atoms in total. The second kappa shape index (κ2) is 37.7. The lowest BCUT2D eigenvalue weighted by atomic mass is 10.0. The SMILES string of the molecule is C=CC(=O)OCCCCCCOc1ccc(C(=O)Oc2ccc(OC(=O)c3ccc(OCCCCCCOC(=O)C=C)cc3)c(C(=O)OCCCCCCOc3ccc4cc(Cc5ccc(OCCCCCCCC)cc5)ccc4c3)c2)cc1. The number of ether oxygens (including phenoxy) is 9. The van der Waals surface area contributed by atoms with Gasteiger partial charge in [0, 0.05) is 12.2 Å². The Labute approximate surface area is 495 Å². The number of hydrogen-bond acceptors (Lipinski definition) is 14. The van der Waals surface area contributed by atoms with Crippen molar-refractivity contribution in [2.24, 2.45) is 0 Å². The van der Waals surface area contributed by atoms with Crippen LogP contribution in [0.4, 0.5) is 0 Å². The van der Waals surface area contributed by atoms with Crippen molar-refractivity contribution in [3.05, 3.63) is 181 Å². The van der Waals surface area contributed by atoms with E-state index in [1.165, 1.54) is 61.4 Å². The van der Waals surface area contributed by atoms with E-state index in [2.05, 4.69) is 74.7 Å². The zero-order chi connectivity index (χ0) is 59.4. The van der Waals surface area contributed by atoms with E-state index in [0.29, 0.717) is 51.0 Å². The van der Waals surface area contributed by atoms with Gasteiger partial charge in [0.15, 0.2) is 0 Å². The monoisotopic (exact) mass is 1150 g/mol. The van der Waals surface area contributed by atoms with E-state index in [1.54, 1.807) is 48.5 Å². The van der Waals surface area contributed by atoms with Gasteiger partial charge in [0.1, 0.15) is 40.1 Å². The van der Waals surface area contributed by atoms with E-state index in [0.717, 1.165) is 125 Å². The Morgan fingerprint density at radius 2 is 0.750 bits per heavy atom. The standard InChI is InChI=1S/C70H82O14/c1-4-7-8-9-10-17-42-76-59-33-25-53(26-34-59)49-54-24-27-58-51-62(39-32-57(58)50-54)79-45-20-13-16-23-48-82-70(75)64-52-63(83-68(73)55-28-35-60(36-29-55)77-43-18-11-14-21-46-80-66(71)5-2)40-41-65(64)84-69(74)56-30-37-61(38-31-56)78-44-19-12-15-22-47-81-67(72)6-3/h5-6,24-41,50-52H,2-4,7-23,42-49H2,1H3. The Morgan fingerprint density at radius 1 is 0.357 bits per heavy atom. The van der Waals surface area contributed by atoms with Crippen LogP contribution in [0.1, 0.15) is 165 Å². The maximum Gasteiger partial charge on any atom is 0.343 e. The third-order valence-corrected chi connectivity index (χ3v) is 13.7. The highest BCUT2D eigenvalue weighted by molar-refractivity contribution is 5.97. The van der Waals surface area contributed by atoms with Gasteiger partial charge in [-0.3, -0.25) is 0 Å². The highest BCUT2D eigenvalue weighted by atomic mass is 16.6. The molecule has 0 bridgehead atoms. The Bertz CT molecular complexity index is 2980. The molecule has 0 spiro atoms. The molecule has 0 atom stereocenters. The number of fused-ring (bicyclic) bond motifs is 1. The third-order valence-electron chi connectivity index (χ3n) is 13.7. The fourth-order valence-corrected chi connectivity index (χ4v) is 8.95. The number of hydrogen-bond donors (Lipinski definition) is 0. The minimum Gasteiger partial charge on any atom is -0.494 e. The molecular formula is C70H82O14. The first-order chi connectivity index (χ1) is 41.1. The molecule has 446 valence electrons. The molecular weight excluding hydrogens is 1060 g/mol. The molecule has 6 aromatic rings. The fraction of sp³-hybridized carbons (Fsp3) is 0.386. The summed E-state index contributed by atoms with van der Waals surface area (Å²) in [5.74, 6) is -0.141. The van der Waals surface area contributed by atoms with Crippen molar-refractivity contribution in [3.63, 3.8) is 0 Å². The predicted octanol–water partition coefficient (Wildman–Crippen LogP) is 15.7. The first-order valence-electron chi connectivity index (χ1n) is 29.8. The summed E-state index contributed by atoms with van der Waals surface area (Å²) in [6.45, 7) is 12.1. The van der Waals surface area contributed by atoms with E-state index in [-0.39, 0.29) is 34.8 Å². The first-order valence-corrected chi connectivity index (χ1v) is 29.8. The van der Waals surface area contributed by atoms with Crippen molar-refractivity contribution < 1.29 is 66.6 Å². The van der Waals surface area contributed by atoms with Crippen LogP contribution in [0.3, 0.4) is 0 Å². The largest absolute Gasteiger partial charge is 0.494 e. The average molecular weight is 1150 g/mol. The zero-order valence-corrected chi connectivity index (χ0v) is 48.8. The van der Waals surface area contributed by atoms with E-state index >= 15 is 0 Å². The number of carbonyl (C=O) groups is 5. The van der Waals surface area contributed by atoms with Crippen LogP contribution in [-0.4, -0.2) is 76.1 Å². The van der Waals surface area contributed by atoms with Crippen LogP contribution in [0.25, 0.3) is 10.8 Å². The molecule has 0 saturated heterocycles. The first kappa shape index (κ1) is 64.8. The molecule has 84 heavy (non-hydrogen) atoms. The van der Waals surface area contributed by atoms with E-state index in [1.807, 2.05) is 6.07 Å². The highest BCUT2D eigenvalue weighted by Gasteiger charge is 2.21. The van der Waals surface area contributed by atoms with Gasteiger partial charge >= 0.3 is 29.8 Å². The summed E-state index contributed by atoms with van der Waals surface area (Å²) in [6.07, 6.45) is 20.3. The van der Waals surface area contributed by atoms with Gasteiger partial charge in [-0.05, 0) is 203 Å². The van der Waals surface area contributed by atoms with Crippen LogP contribution in [0, 0.1) is 0 Å². The van der Waals surface area contributed by atoms with Gasteiger partial charge in [-0.1, -0.05) is 88.6 Å². The molecule has 0 saturated carbocycles. The minimum atomic E-state index is -0.750. The second-order valence-corrected chi connectivity index (χ2v) is 20.4. The molecule has 6 rings (SSSR count). The molecule has 0 amide bonds. The number of benzene rings is 6. The molecule has 0 aromatic heterocycles. The van der Waals surface area contributed by atoms with Crippen molar-refractivity contribution in [1.29, 1.82) is 0 Å². The average Bonchev–Trinajstić information content (AvgIpc) is 3.55. The normalized spacial score (nSPS) is 10.8. The number of esters is 5. The van der Waals surface area contributed by atoms with Crippen molar-refractivity contribution in [2.45, 2.75) is 129 Å². The Hall–Kier alpha value is -8.39. The molecule has 0 unspecified atom stereocenters. The Morgan fingerprint density at radius 3 is 1.26 bits per heavy atom. The van der Waals surface area contributed by atoms with Crippen LogP contribution in [0.15, 0.2) is 153 Å². The van der Waals surface area contributed by atoms with Gasteiger partial charge in [0.2, 0.25) is 0 Å². The van der Waals surface area contributed by atoms with Gasteiger partial charge in [0.05, 0.1) is 57.4 Å². The summed E-state index contributed by atoms with van der Waals surface area (Å²) >= 11 is 0. The van der Waals surface area contributed by atoms with Gasteiger partial charge in [-0.15, -0.1) is 0 Å². The summed E-state index contributed by atoms with van der Waals surface area (Å²) in [5.41, 5.74) is 2.86. The molecule has 0 heterocycles. The van der Waals surface area contributed by atoms with Crippen LogP contribution in [-0.2, 0) is 30.2 Å². The van der Waals surface area contributed by atoms with E-state index in [9.17, 15) is 24.0 Å². The van der Waals surface area contributed by atoms with E-state index in [4.69, 9.17) is 42.6 Å². The summed E-state index contributed by atoms with van der Waals surface area (Å²) in [6, 6.07) is 38.3. The van der Waals surface area contributed by atoms with Crippen LogP contribution in [0.5, 0.6) is 34.5 Å². The van der Waals surface area contributed by atoms with Gasteiger partial charge < -0.3 is 42.6 Å². The minimum absolute atomic E-state index is 0.0433. The Balaban J connectivity index is 0.950.